The molecule has 3 aromatic rings. The predicted octanol–water partition coefficient (Wildman–Crippen LogP) is 1.82. The number of piperidine rings is 1. The first-order valence-electron chi connectivity index (χ1n) is 7.94. The minimum Gasteiger partial charge on any atom is -0.320 e. The van der Waals surface area contributed by atoms with Gasteiger partial charge in [0.2, 0.25) is 0 Å². The molecular weight excluding hydrogens is 342 g/mol. The van der Waals surface area contributed by atoms with Gasteiger partial charge in [-0.3, -0.25) is 14.8 Å². The van der Waals surface area contributed by atoms with E-state index in [0.717, 1.165) is 37.0 Å². The fraction of sp³-hybridized carbons (Fsp3) is 0.312. The third-order valence-corrected chi connectivity index (χ3v) is 4.15. The Bertz CT molecular complexity index is 876. The predicted molar refractivity (Wildman–Crippen MR) is 95.9 cm³/mol. The number of hydrogen-bond acceptors (Lipinski definition) is 6. The molecule has 3 heterocycles. The maximum atomic E-state index is 12.4. The average molecular weight is 360 g/mol. The number of fused-ring (bicyclic) bond motifs is 1. The zero-order valence-corrected chi connectivity index (χ0v) is 14.2. The summed E-state index contributed by atoms with van der Waals surface area (Å²) < 4.78 is 1.79. The molecule has 1 fully saturated rings. The first-order valence-corrected chi connectivity index (χ1v) is 7.94. The van der Waals surface area contributed by atoms with Gasteiger partial charge in [0.05, 0.1) is 23.3 Å². The van der Waals surface area contributed by atoms with Crippen LogP contribution in [-0.4, -0.2) is 44.0 Å². The highest BCUT2D eigenvalue weighted by Gasteiger charge is 2.18. The van der Waals surface area contributed by atoms with E-state index in [1.54, 1.807) is 35.4 Å². The van der Waals surface area contributed by atoms with E-state index in [2.05, 4.69) is 30.9 Å². The van der Waals surface area contributed by atoms with Crippen LogP contribution in [0.3, 0.4) is 0 Å². The summed E-state index contributed by atoms with van der Waals surface area (Å²) >= 11 is 0. The van der Waals surface area contributed by atoms with Gasteiger partial charge < -0.3 is 10.6 Å². The Morgan fingerprint density at radius 2 is 1.92 bits per heavy atom. The topological polar surface area (TPSA) is 97.6 Å². The van der Waals surface area contributed by atoms with E-state index < -0.39 is 0 Å². The lowest BCUT2D eigenvalue weighted by atomic mass is 10.1. The van der Waals surface area contributed by atoms with Crippen LogP contribution in [0.5, 0.6) is 0 Å². The summed E-state index contributed by atoms with van der Waals surface area (Å²) in [5, 5.41) is 14.3. The summed E-state index contributed by atoms with van der Waals surface area (Å²) in [6.07, 6.45) is 6.96. The van der Waals surface area contributed by atoms with Crippen molar-refractivity contribution in [1.29, 1.82) is 0 Å². The molecule has 130 valence electrons. The van der Waals surface area contributed by atoms with Crippen LogP contribution in [0.4, 0.5) is 5.69 Å². The highest BCUT2D eigenvalue weighted by Crippen LogP contribution is 2.18. The fourth-order valence-electron chi connectivity index (χ4n) is 2.87. The number of aromatic nitrogens is 5. The van der Waals surface area contributed by atoms with Crippen molar-refractivity contribution in [2.24, 2.45) is 0 Å². The lowest BCUT2D eigenvalue weighted by molar-refractivity contribution is 0.102. The van der Waals surface area contributed by atoms with Crippen LogP contribution < -0.4 is 10.6 Å². The summed E-state index contributed by atoms with van der Waals surface area (Å²) in [6, 6.07) is 5.71. The van der Waals surface area contributed by atoms with E-state index in [1.165, 1.54) is 0 Å². The smallest absolute Gasteiger partial charge is 0.277 e. The molecule has 1 aliphatic rings. The molecular formula is C16H18ClN7O. The highest BCUT2D eigenvalue weighted by molar-refractivity contribution is 6.03. The van der Waals surface area contributed by atoms with Crippen LogP contribution in [0, 0.1) is 0 Å². The number of rotatable bonds is 3. The second-order valence-corrected chi connectivity index (χ2v) is 5.78. The summed E-state index contributed by atoms with van der Waals surface area (Å²) in [4.78, 5) is 20.8. The summed E-state index contributed by atoms with van der Waals surface area (Å²) in [7, 11) is 0. The fourth-order valence-corrected chi connectivity index (χ4v) is 2.87. The Morgan fingerprint density at radius 3 is 2.72 bits per heavy atom. The van der Waals surface area contributed by atoms with Crippen molar-refractivity contribution in [1.82, 2.24) is 30.3 Å². The van der Waals surface area contributed by atoms with Crippen molar-refractivity contribution in [3.63, 3.8) is 0 Å². The zero-order valence-electron chi connectivity index (χ0n) is 13.4. The molecule has 0 radical (unpaired) electrons. The van der Waals surface area contributed by atoms with E-state index in [0.29, 0.717) is 17.4 Å². The van der Waals surface area contributed by atoms with Gasteiger partial charge in [-0.1, -0.05) is 5.21 Å². The van der Waals surface area contributed by atoms with E-state index >= 15 is 0 Å². The molecule has 9 heteroatoms. The van der Waals surface area contributed by atoms with Gasteiger partial charge in [0, 0.05) is 18.1 Å². The second-order valence-electron chi connectivity index (χ2n) is 5.78. The van der Waals surface area contributed by atoms with Gasteiger partial charge in [-0.15, -0.1) is 17.5 Å². The normalized spacial score (nSPS) is 14.9. The monoisotopic (exact) mass is 359 g/mol. The van der Waals surface area contributed by atoms with Crippen LogP contribution in [0.25, 0.3) is 11.0 Å². The standard InChI is InChI=1S/C16H17N7O.ClH/c24-16(15-10-23(22-21-15)12-3-5-17-6-4-12)20-11-1-2-13-14(9-11)19-8-7-18-13;/h1-2,7-10,12,17H,3-6H2,(H,20,24);1H. The molecule has 0 atom stereocenters. The van der Waals surface area contributed by atoms with Gasteiger partial charge in [0.25, 0.3) is 5.91 Å². The number of carbonyl (C=O) groups is 1. The summed E-state index contributed by atoms with van der Waals surface area (Å²) in [5.41, 5.74) is 2.48. The Labute approximate surface area is 150 Å². The minimum atomic E-state index is -0.279. The number of nitrogens with one attached hydrogen (secondary N) is 2. The molecule has 2 N–H and O–H groups in total. The maximum absolute atomic E-state index is 12.4. The number of benzene rings is 1. The largest absolute Gasteiger partial charge is 0.320 e. The van der Waals surface area contributed by atoms with E-state index in [1.807, 2.05) is 6.07 Å². The summed E-state index contributed by atoms with van der Waals surface area (Å²) in [5.74, 6) is -0.279. The first kappa shape index (κ1) is 17.2. The van der Waals surface area contributed by atoms with Crippen LogP contribution in [0.2, 0.25) is 0 Å². The van der Waals surface area contributed by atoms with Crippen molar-refractivity contribution in [2.45, 2.75) is 18.9 Å². The molecule has 2 aromatic heterocycles. The Morgan fingerprint density at radius 1 is 1.16 bits per heavy atom. The average Bonchev–Trinajstić information content (AvgIpc) is 3.13. The van der Waals surface area contributed by atoms with Crippen molar-refractivity contribution in [2.75, 3.05) is 18.4 Å². The van der Waals surface area contributed by atoms with Crippen LogP contribution in [0.1, 0.15) is 29.4 Å². The van der Waals surface area contributed by atoms with E-state index in [-0.39, 0.29) is 18.3 Å². The molecule has 0 spiro atoms. The molecule has 8 nitrogen and oxygen atoms in total. The quantitative estimate of drug-likeness (QED) is 0.740. The van der Waals surface area contributed by atoms with Gasteiger partial charge in [0.15, 0.2) is 5.69 Å². The molecule has 1 aliphatic heterocycles. The Kier molecular flexibility index (Phi) is 5.20. The number of anilines is 1. The first-order chi connectivity index (χ1) is 11.8. The van der Waals surface area contributed by atoms with Gasteiger partial charge >= 0.3 is 0 Å². The van der Waals surface area contributed by atoms with Gasteiger partial charge in [-0.2, -0.15) is 0 Å². The number of nitrogens with zero attached hydrogens (tertiary/aromatic N) is 5. The third kappa shape index (κ3) is 3.75. The number of carbonyl (C=O) groups excluding carboxylic acids is 1. The molecule has 1 saturated heterocycles. The molecule has 0 bridgehead atoms. The van der Waals surface area contributed by atoms with Crippen molar-refractivity contribution in [3.8, 4) is 0 Å². The van der Waals surface area contributed by atoms with Crippen molar-refractivity contribution in [3.05, 3.63) is 42.5 Å². The van der Waals surface area contributed by atoms with Crippen LogP contribution >= 0.6 is 12.4 Å². The molecule has 0 aliphatic carbocycles. The maximum Gasteiger partial charge on any atom is 0.277 e. The highest BCUT2D eigenvalue weighted by atomic mass is 35.5. The van der Waals surface area contributed by atoms with Gasteiger partial charge in [-0.05, 0) is 44.1 Å². The molecule has 4 rings (SSSR count). The van der Waals surface area contributed by atoms with Crippen LogP contribution in [-0.2, 0) is 0 Å². The Balaban J connectivity index is 0.00000182. The number of hydrogen-bond donors (Lipinski definition) is 2. The second kappa shape index (κ2) is 7.54. The molecule has 1 amide bonds. The van der Waals surface area contributed by atoms with Gasteiger partial charge in [-0.25, -0.2) is 4.68 Å². The summed E-state index contributed by atoms with van der Waals surface area (Å²) in [6.45, 7) is 1.92. The van der Waals surface area contributed by atoms with E-state index in [9.17, 15) is 4.79 Å². The van der Waals surface area contributed by atoms with Crippen molar-refractivity contribution >= 4 is 35.0 Å². The SMILES string of the molecule is Cl.O=C(Nc1ccc2nccnc2c1)c1cn(C2CCNCC2)nn1. The molecule has 25 heavy (non-hydrogen) atoms. The van der Waals surface area contributed by atoms with E-state index in [4.69, 9.17) is 0 Å². The lowest BCUT2D eigenvalue weighted by Gasteiger charge is -2.22. The zero-order chi connectivity index (χ0) is 16.4. The Hall–Kier alpha value is -2.58. The third-order valence-electron chi connectivity index (χ3n) is 4.15. The molecule has 0 unspecified atom stereocenters. The minimum absolute atomic E-state index is 0. The molecule has 0 saturated carbocycles. The van der Waals surface area contributed by atoms with Crippen molar-refractivity contribution < 1.29 is 4.79 Å². The number of amides is 1. The van der Waals surface area contributed by atoms with Gasteiger partial charge in [0.1, 0.15) is 0 Å². The van der Waals surface area contributed by atoms with Crippen LogP contribution in [0.15, 0.2) is 36.8 Å². The lowest BCUT2D eigenvalue weighted by Crippen LogP contribution is -2.29. The number of halogens is 1. The molecule has 1 aromatic carbocycles.